The lowest BCUT2D eigenvalue weighted by molar-refractivity contribution is 0.483. The highest BCUT2D eigenvalue weighted by Gasteiger charge is 2.09. The molecular weight excluding hydrogens is 344 g/mol. The predicted molar refractivity (Wildman–Crippen MR) is 111 cm³/mol. The Bertz CT molecular complexity index is 692. The fourth-order valence-corrected chi connectivity index (χ4v) is 2.70. The maximum Gasteiger partial charge on any atom is 0.294 e. The lowest BCUT2D eigenvalue weighted by Gasteiger charge is -2.08. The average Bonchev–Trinajstić information content (AvgIpc) is 2.69. The quantitative estimate of drug-likeness (QED) is 0.591. The van der Waals surface area contributed by atoms with E-state index in [4.69, 9.17) is 4.55 Å². The zero-order valence-corrected chi connectivity index (χ0v) is 17.8. The van der Waals surface area contributed by atoms with Crippen molar-refractivity contribution in [1.82, 2.24) is 0 Å². The van der Waals surface area contributed by atoms with Crippen LogP contribution in [0.2, 0.25) is 0 Å². The van der Waals surface area contributed by atoms with Crippen LogP contribution in [-0.2, 0) is 10.1 Å². The van der Waals surface area contributed by atoms with Crippen LogP contribution in [0.1, 0.15) is 77.3 Å². The van der Waals surface area contributed by atoms with E-state index in [1.165, 1.54) is 24.1 Å². The van der Waals surface area contributed by atoms with E-state index in [1.807, 2.05) is 13.8 Å². The first-order valence-corrected chi connectivity index (χ1v) is 10.9. The van der Waals surface area contributed by atoms with Crippen LogP contribution in [0.5, 0.6) is 0 Å². The Morgan fingerprint density at radius 3 is 1.50 bits per heavy atom. The van der Waals surface area contributed by atoms with Crippen molar-refractivity contribution in [2.45, 2.75) is 71.1 Å². The second-order valence-electron chi connectivity index (χ2n) is 6.07. The smallest absolute Gasteiger partial charge is 0.282 e. The van der Waals surface area contributed by atoms with Crippen molar-refractivity contribution in [1.29, 1.82) is 0 Å². The Hall–Kier alpha value is -1.65. The summed E-state index contributed by atoms with van der Waals surface area (Å²) >= 11 is 0. The maximum absolute atomic E-state index is 10.7. The van der Waals surface area contributed by atoms with E-state index in [0.29, 0.717) is 11.8 Å². The number of benzene rings is 2. The average molecular weight is 379 g/mol. The van der Waals surface area contributed by atoms with Crippen molar-refractivity contribution < 1.29 is 13.0 Å². The molecule has 2 aromatic carbocycles. The summed E-state index contributed by atoms with van der Waals surface area (Å²) in [5.74, 6) is 1.12. The second kappa shape index (κ2) is 12.7. The summed E-state index contributed by atoms with van der Waals surface area (Å²) in [6.45, 7) is 12.6. The number of hydrogen-bond donors (Lipinski definition) is 1. The van der Waals surface area contributed by atoms with E-state index >= 15 is 0 Å². The lowest BCUT2D eigenvalue weighted by atomic mass is 9.99. The van der Waals surface area contributed by atoms with Gasteiger partial charge in [0.1, 0.15) is 0 Å². The van der Waals surface area contributed by atoms with Gasteiger partial charge in [-0.15, -0.1) is 0 Å². The minimum atomic E-state index is -4.05. The summed E-state index contributed by atoms with van der Waals surface area (Å²) < 4.78 is 30.2. The van der Waals surface area contributed by atoms with Gasteiger partial charge in [-0.3, -0.25) is 4.55 Å². The largest absolute Gasteiger partial charge is 0.294 e. The summed E-state index contributed by atoms with van der Waals surface area (Å²) in [6, 6.07) is 17.0. The van der Waals surface area contributed by atoms with Gasteiger partial charge in [0.05, 0.1) is 4.90 Å². The molecule has 2 aromatic rings. The molecule has 0 aromatic heterocycles. The molecule has 4 heteroatoms. The van der Waals surface area contributed by atoms with E-state index in [9.17, 15) is 8.42 Å². The number of hydrogen-bond acceptors (Lipinski definition) is 2. The monoisotopic (exact) mass is 378 g/mol. The minimum Gasteiger partial charge on any atom is -0.282 e. The molecule has 0 heterocycles. The van der Waals surface area contributed by atoms with Gasteiger partial charge in [0.25, 0.3) is 10.1 Å². The molecule has 0 bridgehead atoms. The molecule has 0 aliphatic heterocycles. The Balaban J connectivity index is 0.000000458. The lowest BCUT2D eigenvalue weighted by Crippen LogP contribution is -1.98. The molecule has 26 heavy (non-hydrogen) atoms. The topological polar surface area (TPSA) is 54.4 Å². The highest BCUT2D eigenvalue weighted by molar-refractivity contribution is 7.85. The third-order valence-electron chi connectivity index (χ3n) is 4.34. The van der Waals surface area contributed by atoms with Gasteiger partial charge in [-0.2, -0.15) is 8.42 Å². The first-order chi connectivity index (χ1) is 12.3. The van der Waals surface area contributed by atoms with Gasteiger partial charge in [-0.05, 0) is 47.9 Å². The first-order valence-electron chi connectivity index (χ1n) is 9.41. The zero-order valence-electron chi connectivity index (χ0n) is 16.9. The van der Waals surface area contributed by atoms with Crippen LogP contribution in [0.4, 0.5) is 0 Å². The highest BCUT2D eigenvalue weighted by atomic mass is 32.2. The molecule has 0 saturated heterocycles. The molecule has 0 saturated carbocycles. The predicted octanol–water partition coefficient (Wildman–Crippen LogP) is 6.67. The summed E-state index contributed by atoms with van der Waals surface area (Å²) in [5, 5.41) is 0. The van der Waals surface area contributed by atoms with Crippen LogP contribution >= 0.6 is 0 Å². The summed E-state index contributed by atoms with van der Waals surface area (Å²) in [6.07, 6.45) is 2.23. The third kappa shape index (κ3) is 8.63. The normalized spacial score (nSPS) is 12.7. The van der Waals surface area contributed by atoms with Crippen molar-refractivity contribution in [3.05, 3.63) is 65.7 Å². The summed E-state index contributed by atoms with van der Waals surface area (Å²) in [5.41, 5.74) is 2.53. The summed E-state index contributed by atoms with van der Waals surface area (Å²) in [4.78, 5) is -0.0513. The van der Waals surface area contributed by atoms with Crippen molar-refractivity contribution in [3.63, 3.8) is 0 Å². The Morgan fingerprint density at radius 1 is 0.769 bits per heavy atom. The molecule has 1 N–H and O–H groups in total. The van der Waals surface area contributed by atoms with Gasteiger partial charge in [-0.25, -0.2) is 0 Å². The maximum atomic E-state index is 10.7. The molecule has 3 nitrogen and oxygen atoms in total. The molecule has 146 valence electrons. The van der Waals surface area contributed by atoms with Crippen molar-refractivity contribution in [3.8, 4) is 0 Å². The van der Waals surface area contributed by atoms with E-state index in [0.717, 1.165) is 12.0 Å². The van der Waals surface area contributed by atoms with E-state index in [-0.39, 0.29) is 4.90 Å². The van der Waals surface area contributed by atoms with E-state index in [2.05, 4.69) is 58.0 Å². The van der Waals surface area contributed by atoms with E-state index < -0.39 is 10.1 Å². The fourth-order valence-electron chi connectivity index (χ4n) is 2.22. The molecule has 2 unspecified atom stereocenters. The Kier molecular flexibility index (Phi) is 11.9. The second-order valence-corrected chi connectivity index (χ2v) is 7.49. The van der Waals surface area contributed by atoms with Crippen molar-refractivity contribution >= 4 is 10.1 Å². The first kappa shape index (κ1) is 24.4. The SMILES string of the molecule is CC.CCC(C)c1ccc(S(=O)(=O)O)cc1.CCC(C)c1ccccc1. The molecule has 2 rings (SSSR count). The van der Waals surface area contributed by atoms with Crippen LogP contribution in [0.25, 0.3) is 0 Å². The van der Waals surface area contributed by atoms with Gasteiger partial charge < -0.3 is 0 Å². The molecular formula is C22H34O3S. The Morgan fingerprint density at radius 2 is 1.15 bits per heavy atom. The van der Waals surface area contributed by atoms with Gasteiger partial charge >= 0.3 is 0 Å². The van der Waals surface area contributed by atoms with Crippen molar-refractivity contribution in [2.75, 3.05) is 0 Å². The van der Waals surface area contributed by atoms with Crippen LogP contribution in [-0.4, -0.2) is 13.0 Å². The van der Waals surface area contributed by atoms with Gasteiger partial charge in [0.2, 0.25) is 0 Å². The standard InChI is InChI=1S/C10H14O3S.C10H14.C2H6/c1-3-8(2)9-4-6-10(7-5-9)14(11,12)13;1-3-9(2)10-7-5-4-6-8-10;1-2/h4-8H,3H2,1-2H3,(H,11,12,13);4-9H,3H2,1-2H3;1-2H3. The molecule has 0 amide bonds. The highest BCUT2D eigenvalue weighted by Crippen LogP contribution is 2.20. The molecule has 0 aliphatic rings. The Labute approximate surface area is 160 Å². The summed E-state index contributed by atoms with van der Waals surface area (Å²) in [7, 11) is -4.05. The van der Waals surface area contributed by atoms with Crippen molar-refractivity contribution in [2.24, 2.45) is 0 Å². The molecule has 0 aliphatic carbocycles. The molecule has 0 fully saturated rings. The van der Waals surface area contributed by atoms with Crippen LogP contribution in [0.15, 0.2) is 59.5 Å². The van der Waals surface area contributed by atoms with Crippen LogP contribution < -0.4 is 0 Å². The molecule has 0 spiro atoms. The number of rotatable bonds is 5. The van der Waals surface area contributed by atoms with Gasteiger partial charge in [0, 0.05) is 0 Å². The van der Waals surface area contributed by atoms with Gasteiger partial charge in [0.15, 0.2) is 0 Å². The molecule has 0 radical (unpaired) electrons. The minimum absolute atomic E-state index is 0.0513. The van der Waals surface area contributed by atoms with Crippen LogP contribution in [0, 0.1) is 0 Å². The van der Waals surface area contributed by atoms with Crippen LogP contribution in [0.3, 0.4) is 0 Å². The molecule has 2 atom stereocenters. The van der Waals surface area contributed by atoms with E-state index in [1.54, 1.807) is 12.1 Å². The third-order valence-corrected chi connectivity index (χ3v) is 5.21. The zero-order chi connectivity index (χ0) is 20.2. The van der Waals surface area contributed by atoms with Gasteiger partial charge in [-0.1, -0.05) is 84.0 Å². The fraction of sp³-hybridized carbons (Fsp3) is 0.455.